The fourth-order valence-corrected chi connectivity index (χ4v) is 3.63. The predicted octanol–water partition coefficient (Wildman–Crippen LogP) is 6.70. The molecule has 0 unspecified atom stereocenters. The fourth-order valence-electron chi connectivity index (χ4n) is 3.63. The average Bonchev–Trinajstić information content (AvgIpc) is 2.66. The third-order valence-corrected chi connectivity index (χ3v) is 5.31. The van der Waals surface area contributed by atoms with Crippen LogP contribution >= 0.6 is 0 Å². The van der Waals surface area contributed by atoms with Crippen molar-refractivity contribution in [1.82, 2.24) is 0 Å². The first-order valence-electron chi connectivity index (χ1n) is 9.73. The van der Waals surface area contributed by atoms with Crippen LogP contribution in [0.15, 0.2) is 48.3 Å². The zero-order valence-corrected chi connectivity index (χ0v) is 15.4. The number of nitrogens with zero attached hydrogens (tertiary/aromatic N) is 1. The summed E-state index contributed by atoms with van der Waals surface area (Å²) in [6, 6.07) is 10.7. The van der Waals surface area contributed by atoms with Gasteiger partial charge in [0.15, 0.2) is 5.83 Å². The van der Waals surface area contributed by atoms with E-state index in [9.17, 15) is 4.39 Å². The summed E-state index contributed by atoms with van der Waals surface area (Å²) in [4.78, 5) is 0. The third-order valence-electron chi connectivity index (χ3n) is 5.31. The van der Waals surface area contributed by atoms with Gasteiger partial charge in [-0.3, -0.25) is 0 Å². The van der Waals surface area contributed by atoms with E-state index in [1.54, 1.807) is 6.08 Å². The van der Waals surface area contributed by atoms with Gasteiger partial charge in [0, 0.05) is 0 Å². The Bertz CT molecular complexity index is 598. The number of benzene rings is 1. The van der Waals surface area contributed by atoms with Crippen LogP contribution in [0.1, 0.15) is 63.0 Å². The molecule has 134 valence electrons. The van der Waals surface area contributed by atoms with Crippen LogP contribution in [0.2, 0.25) is 0 Å². The molecule has 1 aliphatic carbocycles. The van der Waals surface area contributed by atoms with E-state index < -0.39 is 5.83 Å². The maximum Gasteiger partial charge on any atom is 0.199 e. The van der Waals surface area contributed by atoms with Crippen molar-refractivity contribution in [1.29, 1.82) is 5.26 Å². The first kappa shape index (κ1) is 19.4. The molecule has 0 atom stereocenters. The van der Waals surface area contributed by atoms with Gasteiger partial charge in [0.1, 0.15) is 6.07 Å². The van der Waals surface area contributed by atoms with Crippen molar-refractivity contribution in [3.63, 3.8) is 0 Å². The number of rotatable bonds is 8. The van der Waals surface area contributed by atoms with Crippen LogP contribution in [0.5, 0.6) is 0 Å². The molecular weight excluding hydrogens is 309 g/mol. The number of nitriles is 1. The molecule has 25 heavy (non-hydrogen) atoms. The number of aryl methyl sites for hydroxylation is 2. The lowest BCUT2D eigenvalue weighted by molar-refractivity contribution is 0.296. The highest BCUT2D eigenvalue weighted by molar-refractivity contribution is 5.23. The molecular formula is C23H30FN. The minimum Gasteiger partial charge on any atom is -0.195 e. The van der Waals surface area contributed by atoms with Crippen LogP contribution in [-0.4, -0.2) is 0 Å². The Hall–Kier alpha value is -1.88. The number of hydrogen-bond acceptors (Lipinski definition) is 1. The molecule has 0 radical (unpaired) electrons. The maximum atomic E-state index is 12.7. The quantitative estimate of drug-likeness (QED) is 0.382. The lowest BCUT2D eigenvalue weighted by atomic mass is 9.79. The van der Waals surface area contributed by atoms with Crippen LogP contribution in [0.3, 0.4) is 0 Å². The highest BCUT2D eigenvalue weighted by atomic mass is 19.1. The van der Waals surface area contributed by atoms with E-state index in [1.807, 2.05) is 0 Å². The molecule has 1 aromatic carbocycles. The Balaban J connectivity index is 1.69. The summed E-state index contributed by atoms with van der Waals surface area (Å²) in [6.45, 7) is 2.24. The van der Waals surface area contributed by atoms with E-state index in [0.717, 1.165) is 5.92 Å². The fraction of sp³-hybridized carbons (Fsp3) is 0.522. The first-order chi connectivity index (χ1) is 12.2. The summed E-state index contributed by atoms with van der Waals surface area (Å²) in [6.07, 6.45) is 16.1. The predicted molar refractivity (Wildman–Crippen MR) is 103 cm³/mol. The van der Waals surface area contributed by atoms with Crippen molar-refractivity contribution in [2.75, 3.05) is 0 Å². The van der Waals surface area contributed by atoms with Crippen molar-refractivity contribution >= 4 is 0 Å². The Morgan fingerprint density at radius 1 is 1.12 bits per heavy atom. The van der Waals surface area contributed by atoms with Gasteiger partial charge in [0.2, 0.25) is 0 Å². The molecule has 0 N–H and O–H groups in total. The van der Waals surface area contributed by atoms with Crippen LogP contribution < -0.4 is 0 Å². The number of unbranched alkanes of at least 4 members (excludes halogenated alkanes) is 1. The molecule has 0 aliphatic heterocycles. The summed E-state index contributed by atoms with van der Waals surface area (Å²) in [7, 11) is 0. The molecule has 0 bridgehead atoms. The van der Waals surface area contributed by atoms with Crippen LogP contribution in [0.25, 0.3) is 0 Å². The summed E-state index contributed by atoms with van der Waals surface area (Å²) in [5.41, 5.74) is 2.92. The molecule has 1 aromatic rings. The van der Waals surface area contributed by atoms with Gasteiger partial charge in [-0.05, 0) is 80.4 Å². The van der Waals surface area contributed by atoms with Gasteiger partial charge in [-0.15, -0.1) is 0 Å². The van der Waals surface area contributed by atoms with E-state index in [-0.39, 0.29) is 0 Å². The minimum atomic E-state index is -0.717. The van der Waals surface area contributed by atoms with Gasteiger partial charge in [-0.2, -0.15) is 9.65 Å². The molecule has 0 heterocycles. The Kier molecular flexibility index (Phi) is 8.46. The monoisotopic (exact) mass is 339 g/mol. The van der Waals surface area contributed by atoms with E-state index >= 15 is 0 Å². The third kappa shape index (κ3) is 7.26. The molecule has 2 rings (SSSR count). The molecule has 0 saturated heterocycles. The molecule has 0 amide bonds. The lowest BCUT2D eigenvalue weighted by Crippen LogP contribution is -2.13. The van der Waals surface area contributed by atoms with E-state index in [0.29, 0.717) is 5.92 Å². The summed E-state index contributed by atoms with van der Waals surface area (Å²) < 4.78 is 12.7. The van der Waals surface area contributed by atoms with Crippen molar-refractivity contribution in [2.45, 2.75) is 64.7 Å². The van der Waals surface area contributed by atoms with E-state index in [2.05, 4.69) is 37.3 Å². The topological polar surface area (TPSA) is 23.8 Å². The molecule has 1 fully saturated rings. The first-order valence-corrected chi connectivity index (χ1v) is 9.73. The summed E-state index contributed by atoms with van der Waals surface area (Å²) >= 11 is 0. The average molecular weight is 339 g/mol. The SMILES string of the molecule is CCCCc1ccc(CCC2CCC(C=CC=C(F)C#N)CC2)cc1. The second-order valence-corrected chi connectivity index (χ2v) is 7.25. The van der Waals surface area contributed by atoms with Crippen molar-refractivity contribution in [2.24, 2.45) is 11.8 Å². The highest BCUT2D eigenvalue weighted by Crippen LogP contribution is 2.32. The second kappa shape index (κ2) is 10.9. The van der Waals surface area contributed by atoms with Crippen molar-refractivity contribution < 1.29 is 4.39 Å². The summed E-state index contributed by atoms with van der Waals surface area (Å²) in [5.74, 6) is 0.637. The van der Waals surface area contributed by atoms with E-state index in [1.165, 1.54) is 81.1 Å². The smallest absolute Gasteiger partial charge is 0.195 e. The maximum absolute atomic E-state index is 12.7. The normalized spacial score (nSPS) is 21.4. The molecule has 1 saturated carbocycles. The lowest BCUT2D eigenvalue weighted by Gasteiger charge is -2.26. The van der Waals surface area contributed by atoms with Crippen molar-refractivity contribution in [3.05, 3.63) is 59.4 Å². The Morgan fingerprint density at radius 2 is 1.76 bits per heavy atom. The van der Waals surface area contributed by atoms with Gasteiger partial charge >= 0.3 is 0 Å². The minimum absolute atomic E-state index is 0.539. The Morgan fingerprint density at radius 3 is 2.36 bits per heavy atom. The van der Waals surface area contributed by atoms with Gasteiger partial charge in [-0.25, -0.2) is 0 Å². The van der Waals surface area contributed by atoms with E-state index in [4.69, 9.17) is 5.26 Å². The largest absolute Gasteiger partial charge is 0.199 e. The van der Waals surface area contributed by atoms with Gasteiger partial charge in [-0.1, -0.05) is 49.8 Å². The molecule has 2 heteroatoms. The molecule has 1 aliphatic rings. The Labute approximate surface area is 152 Å². The van der Waals surface area contributed by atoms with Crippen LogP contribution in [-0.2, 0) is 12.8 Å². The number of halogens is 1. The zero-order valence-electron chi connectivity index (χ0n) is 15.4. The van der Waals surface area contributed by atoms with Crippen LogP contribution in [0.4, 0.5) is 4.39 Å². The number of allylic oxidation sites excluding steroid dienone is 4. The zero-order chi connectivity index (χ0) is 17.9. The van der Waals surface area contributed by atoms with Crippen LogP contribution in [0, 0.1) is 23.2 Å². The van der Waals surface area contributed by atoms with Gasteiger partial charge in [0.05, 0.1) is 0 Å². The molecule has 1 nitrogen and oxygen atoms in total. The van der Waals surface area contributed by atoms with Gasteiger partial charge in [0.25, 0.3) is 0 Å². The van der Waals surface area contributed by atoms with Gasteiger partial charge < -0.3 is 0 Å². The number of hydrogen-bond donors (Lipinski definition) is 0. The summed E-state index contributed by atoms with van der Waals surface area (Å²) in [5, 5.41) is 8.39. The molecule has 0 aromatic heterocycles. The highest BCUT2D eigenvalue weighted by Gasteiger charge is 2.19. The second-order valence-electron chi connectivity index (χ2n) is 7.25. The molecule has 0 spiro atoms. The van der Waals surface area contributed by atoms with Crippen molar-refractivity contribution in [3.8, 4) is 6.07 Å². The standard InChI is InChI=1S/C23H30FN/c1-2-3-5-19-8-12-21(13-9-19)16-17-22-14-10-20(11-15-22)6-4-7-23(24)18-25/h4,6-9,12-13,20,22H,2-3,5,10-11,14-17H2,1H3.